The van der Waals surface area contributed by atoms with E-state index in [0.29, 0.717) is 0 Å². The monoisotopic (exact) mass is 436 g/mol. The number of nitrogens with zero attached hydrogens (tertiary/aromatic N) is 3. The number of thiazole rings is 1. The van der Waals surface area contributed by atoms with Gasteiger partial charge in [0.25, 0.3) is 0 Å². The van der Waals surface area contributed by atoms with Crippen LogP contribution < -0.4 is 5.32 Å². The standard InChI is InChI=1S/C14H20N4S2.HI/c1-11-9-16-13(20-11)10-17-14(15-2)18(3)7-6-12-5-4-8-19-12;/h4-5,8-9H,6-7,10H2,1-3H3,(H,15,17);1H. The van der Waals surface area contributed by atoms with E-state index in [4.69, 9.17) is 0 Å². The van der Waals surface area contributed by atoms with Crippen LogP contribution in [-0.4, -0.2) is 36.5 Å². The van der Waals surface area contributed by atoms with E-state index >= 15 is 0 Å². The molecular weight excluding hydrogens is 415 g/mol. The van der Waals surface area contributed by atoms with Gasteiger partial charge in [0.05, 0.1) is 6.54 Å². The number of aliphatic imine (C=N–C) groups is 1. The van der Waals surface area contributed by atoms with Crippen molar-refractivity contribution in [2.75, 3.05) is 20.6 Å². The molecule has 0 aromatic carbocycles. The van der Waals surface area contributed by atoms with Gasteiger partial charge in [0.1, 0.15) is 5.01 Å². The summed E-state index contributed by atoms with van der Waals surface area (Å²) in [5.41, 5.74) is 0. The Bertz CT molecular complexity index is 551. The summed E-state index contributed by atoms with van der Waals surface area (Å²) in [7, 11) is 3.88. The molecule has 0 amide bonds. The number of likely N-dealkylation sites (N-methyl/N-ethyl adjacent to an activating group) is 1. The summed E-state index contributed by atoms with van der Waals surface area (Å²) in [5.74, 6) is 0.911. The average molecular weight is 436 g/mol. The molecule has 2 rings (SSSR count). The van der Waals surface area contributed by atoms with Gasteiger partial charge in [-0.3, -0.25) is 4.99 Å². The van der Waals surface area contributed by atoms with Crippen LogP contribution in [-0.2, 0) is 13.0 Å². The zero-order valence-electron chi connectivity index (χ0n) is 12.5. The van der Waals surface area contributed by atoms with E-state index in [0.717, 1.165) is 30.5 Å². The predicted molar refractivity (Wildman–Crippen MR) is 103 cm³/mol. The molecule has 0 aliphatic heterocycles. The highest BCUT2D eigenvalue weighted by Gasteiger charge is 2.07. The van der Waals surface area contributed by atoms with Gasteiger partial charge in [-0.2, -0.15) is 0 Å². The van der Waals surface area contributed by atoms with Gasteiger partial charge in [0.2, 0.25) is 0 Å². The summed E-state index contributed by atoms with van der Waals surface area (Å²) in [6, 6.07) is 4.27. The van der Waals surface area contributed by atoms with E-state index in [1.165, 1.54) is 9.75 Å². The van der Waals surface area contributed by atoms with Crippen molar-refractivity contribution in [3.8, 4) is 0 Å². The zero-order valence-corrected chi connectivity index (χ0v) is 16.5. The third-order valence-electron chi connectivity index (χ3n) is 2.91. The lowest BCUT2D eigenvalue weighted by Gasteiger charge is -2.21. The minimum Gasteiger partial charge on any atom is -0.350 e. The quantitative estimate of drug-likeness (QED) is 0.444. The predicted octanol–water partition coefficient (Wildman–Crippen LogP) is 3.38. The lowest BCUT2D eigenvalue weighted by Crippen LogP contribution is -2.39. The summed E-state index contributed by atoms with van der Waals surface area (Å²) >= 11 is 3.52. The van der Waals surface area contributed by atoms with E-state index in [1.54, 1.807) is 22.7 Å². The molecule has 0 spiro atoms. The molecule has 116 valence electrons. The number of aromatic nitrogens is 1. The molecule has 21 heavy (non-hydrogen) atoms. The maximum atomic E-state index is 4.35. The van der Waals surface area contributed by atoms with Gasteiger partial charge in [-0.25, -0.2) is 4.98 Å². The zero-order chi connectivity index (χ0) is 14.4. The first kappa shape index (κ1) is 18.4. The van der Waals surface area contributed by atoms with E-state index < -0.39 is 0 Å². The fraction of sp³-hybridized carbons (Fsp3) is 0.429. The van der Waals surface area contributed by atoms with Crippen LogP contribution in [0.3, 0.4) is 0 Å². The highest BCUT2D eigenvalue weighted by molar-refractivity contribution is 14.0. The second-order valence-corrected chi connectivity index (χ2v) is 6.87. The van der Waals surface area contributed by atoms with Crippen LogP contribution in [0.15, 0.2) is 28.7 Å². The molecule has 2 aromatic rings. The van der Waals surface area contributed by atoms with Crippen LogP contribution in [0.1, 0.15) is 14.8 Å². The van der Waals surface area contributed by atoms with Crippen molar-refractivity contribution in [1.29, 1.82) is 0 Å². The van der Waals surface area contributed by atoms with Crippen LogP contribution in [0.25, 0.3) is 0 Å². The minimum atomic E-state index is 0. The first-order chi connectivity index (χ1) is 9.69. The summed E-state index contributed by atoms with van der Waals surface area (Å²) in [4.78, 5) is 13.5. The minimum absolute atomic E-state index is 0. The molecule has 0 aliphatic rings. The second-order valence-electron chi connectivity index (χ2n) is 4.52. The summed E-state index contributed by atoms with van der Waals surface area (Å²) in [6.45, 7) is 3.76. The number of guanidine groups is 1. The molecule has 0 aliphatic carbocycles. The van der Waals surface area contributed by atoms with Crippen LogP contribution in [0.2, 0.25) is 0 Å². The van der Waals surface area contributed by atoms with Gasteiger partial charge in [-0.1, -0.05) is 6.07 Å². The van der Waals surface area contributed by atoms with Crippen LogP contribution in [0.5, 0.6) is 0 Å². The normalized spacial score (nSPS) is 11.1. The molecule has 0 bridgehead atoms. The van der Waals surface area contributed by atoms with Crippen LogP contribution in [0, 0.1) is 6.92 Å². The van der Waals surface area contributed by atoms with Gasteiger partial charge >= 0.3 is 0 Å². The Hall–Kier alpha value is -0.670. The fourth-order valence-corrected chi connectivity index (χ4v) is 3.29. The van der Waals surface area contributed by atoms with Crippen molar-refractivity contribution in [2.24, 2.45) is 4.99 Å². The Balaban J connectivity index is 0.00000220. The van der Waals surface area contributed by atoms with Gasteiger partial charge < -0.3 is 10.2 Å². The highest BCUT2D eigenvalue weighted by Crippen LogP contribution is 2.11. The average Bonchev–Trinajstić information content (AvgIpc) is 3.08. The molecule has 2 aromatic heterocycles. The number of halogens is 1. The summed E-state index contributed by atoms with van der Waals surface area (Å²) in [6.07, 6.45) is 2.95. The first-order valence-electron chi connectivity index (χ1n) is 6.54. The third-order valence-corrected chi connectivity index (χ3v) is 4.76. The largest absolute Gasteiger partial charge is 0.350 e. The lowest BCUT2D eigenvalue weighted by molar-refractivity contribution is 0.486. The maximum absolute atomic E-state index is 4.35. The second kappa shape index (κ2) is 9.37. The van der Waals surface area contributed by atoms with Gasteiger partial charge in [0.15, 0.2) is 5.96 Å². The Morgan fingerprint density at radius 1 is 1.48 bits per heavy atom. The smallest absolute Gasteiger partial charge is 0.193 e. The molecule has 0 unspecified atom stereocenters. The molecule has 7 heteroatoms. The highest BCUT2D eigenvalue weighted by atomic mass is 127. The van der Waals surface area contributed by atoms with Crippen molar-refractivity contribution < 1.29 is 0 Å². The van der Waals surface area contributed by atoms with E-state index in [9.17, 15) is 0 Å². The number of aryl methyl sites for hydroxylation is 1. The first-order valence-corrected chi connectivity index (χ1v) is 8.24. The summed E-state index contributed by atoms with van der Waals surface area (Å²) in [5, 5.41) is 6.57. The number of nitrogens with one attached hydrogen (secondary N) is 1. The Labute approximate surface area is 151 Å². The van der Waals surface area contributed by atoms with Crippen LogP contribution in [0.4, 0.5) is 0 Å². The molecule has 2 heterocycles. The third kappa shape index (κ3) is 5.91. The summed E-state index contributed by atoms with van der Waals surface area (Å²) < 4.78 is 0. The van der Waals surface area contributed by atoms with Crippen molar-refractivity contribution >= 4 is 52.6 Å². The topological polar surface area (TPSA) is 40.5 Å². The number of thiophene rings is 1. The fourth-order valence-electron chi connectivity index (χ4n) is 1.86. The molecular formula is C14H21IN4S2. The molecule has 1 N–H and O–H groups in total. The molecule has 0 saturated carbocycles. The number of rotatable bonds is 5. The Kier molecular flexibility index (Phi) is 8.20. The molecule has 0 fully saturated rings. The Morgan fingerprint density at radius 3 is 2.86 bits per heavy atom. The van der Waals surface area contributed by atoms with Crippen molar-refractivity contribution in [2.45, 2.75) is 19.9 Å². The molecule has 0 saturated heterocycles. The SMILES string of the molecule is CN=C(NCc1ncc(C)s1)N(C)CCc1cccs1.I. The van der Waals surface area contributed by atoms with Gasteiger partial charge in [-0.05, 0) is 24.8 Å². The van der Waals surface area contributed by atoms with Crippen molar-refractivity contribution in [3.63, 3.8) is 0 Å². The maximum Gasteiger partial charge on any atom is 0.193 e. The van der Waals surface area contributed by atoms with Crippen molar-refractivity contribution in [1.82, 2.24) is 15.2 Å². The van der Waals surface area contributed by atoms with E-state index in [2.05, 4.69) is 51.7 Å². The van der Waals surface area contributed by atoms with Gasteiger partial charge in [-0.15, -0.1) is 46.7 Å². The molecule has 4 nitrogen and oxygen atoms in total. The van der Waals surface area contributed by atoms with Gasteiger partial charge in [0, 0.05) is 36.6 Å². The Morgan fingerprint density at radius 2 is 2.29 bits per heavy atom. The molecule has 0 atom stereocenters. The van der Waals surface area contributed by atoms with E-state index in [1.807, 2.05) is 13.2 Å². The van der Waals surface area contributed by atoms with Crippen LogP contribution >= 0.6 is 46.7 Å². The number of hydrogen-bond donors (Lipinski definition) is 1. The van der Waals surface area contributed by atoms with Crippen molar-refractivity contribution in [3.05, 3.63) is 38.5 Å². The number of hydrogen-bond acceptors (Lipinski definition) is 4. The van der Waals surface area contributed by atoms with E-state index in [-0.39, 0.29) is 24.0 Å². The lowest BCUT2D eigenvalue weighted by atomic mass is 10.3. The molecule has 0 radical (unpaired) electrons.